The van der Waals surface area contributed by atoms with Gasteiger partial charge in [0.1, 0.15) is 11.9 Å². The number of methoxy groups -OCH3 is 3. The largest absolute Gasteiger partial charge is 0.493 e. The lowest BCUT2D eigenvalue weighted by Crippen LogP contribution is -2.12. The number of anilines is 1. The molecule has 2 aromatic carbocycles. The van der Waals surface area contributed by atoms with Crippen molar-refractivity contribution in [2.24, 2.45) is 0 Å². The lowest BCUT2D eigenvalue weighted by atomic mass is 10.1. The second-order valence-electron chi connectivity index (χ2n) is 6.72. The SMILES string of the molecule is COc1cc(C(=O)Nc2ccc3nc([C@@H]4CCCO4)[nH]c3c2)cc(OC)c1OC. The topological polar surface area (TPSA) is 94.7 Å². The predicted octanol–water partition coefficient (Wildman–Crippen LogP) is 3.69. The van der Waals surface area contributed by atoms with Gasteiger partial charge < -0.3 is 29.2 Å². The van der Waals surface area contributed by atoms with Gasteiger partial charge in [0.15, 0.2) is 11.5 Å². The van der Waals surface area contributed by atoms with E-state index in [9.17, 15) is 4.79 Å². The normalized spacial score (nSPS) is 16.0. The average Bonchev–Trinajstić information content (AvgIpc) is 3.41. The fourth-order valence-corrected chi connectivity index (χ4v) is 3.47. The van der Waals surface area contributed by atoms with Gasteiger partial charge in [-0.2, -0.15) is 0 Å². The first-order valence-corrected chi connectivity index (χ1v) is 9.35. The van der Waals surface area contributed by atoms with Gasteiger partial charge in [0.2, 0.25) is 5.75 Å². The van der Waals surface area contributed by atoms with E-state index in [0.29, 0.717) is 28.5 Å². The lowest BCUT2D eigenvalue weighted by molar-refractivity contribution is 0.102. The van der Waals surface area contributed by atoms with Crippen LogP contribution in [0.1, 0.15) is 35.1 Å². The maximum absolute atomic E-state index is 12.8. The molecule has 1 amide bonds. The maximum Gasteiger partial charge on any atom is 0.255 e. The number of hydrogen-bond donors (Lipinski definition) is 2. The number of amides is 1. The van der Waals surface area contributed by atoms with Crippen molar-refractivity contribution in [2.75, 3.05) is 33.3 Å². The van der Waals surface area contributed by atoms with Crippen LogP contribution >= 0.6 is 0 Å². The lowest BCUT2D eigenvalue weighted by Gasteiger charge is -2.14. The van der Waals surface area contributed by atoms with Crippen molar-refractivity contribution in [1.29, 1.82) is 0 Å². The molecule has 8 nitrogen and oxygen atoms in total. The van der Waals surface area contributed by atoms with Crippen molar-refractivity contribution in [2.45, 2.75) is 18.9 Å². The van der Waals surface area contributed by atoms with Crippen LogP contribution in [-0.2, 0) is 4.74 Å². The number of hydrogen-bond acceptors (Lipinski definition) is 6. The number of imidazole rings is 1. The number of rotatable bonds is 6. The van der Waals surface area contributed by atoms with Gasteiger partial charge in [0.25, 0.3) is 5.91 Å². The Labute approximate surface area is 168 Å². The molecule has 29 heavy (non-hydrogen) atoms. The van der Waals surface area contributed by atoms with Crippen molar-refractivity contribution < 1.29 is 23.7 Å². The number of fused-ring (bicyclic) bond motifs is 1. The third-order valence-electron chi connectivity index (χ3n) is 4.92. The van der Waals surface area contributed by atoms with Gasteiger partial charge in [-0.05, 0) is 43.2 Å². The third kappa shape index (κ3) is 3.71. The highest BCUT2D eigenvalue weighted by Crippen LogP contribution is 2.38. The van der Waals surface area contributed by atoms with Crippen molar-refractivity contribution >= 4 is 22.6 Å². The van der Waals surface area contributed by atoms with Gasteiger partial charge >= 0.3 is 0 Å². The first-order chi connectivity index (χ1) is 14.1. The van der Waals surface area contributed by atoms with Gasteiger partial charge in [0, 0.05) is 17.9 Å². The second-order valence-corrected chi connectivity index (χ2v) is 6.72. The van der Waals surface area contributed by atoms with Crippen LogP contribution in [0.5, 0.6) is 17.2 Å². The molecule has 2 heterocycles. The molecule has 3 aromatic rings. The quantitative estimate of drug-likeness (QED) is 0.659. The Hall–Kier alpha value is -3.26. The molecule has 4 rings (SSSR count). The number of aromatic nitrogens is 2. The number of H-pyrrole nitrogens is 1. The molecule has 8 heteroatoms. The summed E-state index contributed by atoms with van der Waals surface area (Å²) in [6.07, 6.45) is 2.02. The number of nitrogens with zero attached hydrogens (tertiary/aromatic N) is 1. The summed E-state index contributed by atoms with van der Waals surface area (Å²) in [5.74, 6) is 1.81. The minimum Gasteiger partial charge on any atom is -0.493 e. The highest BCUT2D eigenvalue weighted by Gasteiger charge is 2.21. The molecule has 1 aliphatic rings. The predicted molar refractivity (Wildman–Crippen MR) is 108 cm³/mol. The first-order valence-electron chi connectivity index (χ1n) is 9.35. The van der Waals surface area contributed by atoms with Crippen LogP contribution in [-0.4, -0.2) is 43.8 Å². The number of ether oxygens (including phenoxy) is 4. The number of benzene rings is 2. The van der Waals surface area contributed by atoms with E-state index in [1.54, 1.807) is 12.1 Å². The monoisotopic (exact) mass is 397 g/mol. The number of nitrogens with one attached hydrogen (secondary N) is 2. The fourth-order valence-electron chi connectivity index (χ4n) is 3.47. The Kier molecular flexibility index (Phi) is 5.26. The summed E-state index contributed by atoms with van der Waals surface area (Å²) in [6.45, 7) is 0.762. The molecule has 0 aliphatic carbocycles. The number of aromatic amines is 1. The zero-order valence-electron chi connectivity index (χ0n) is 16.6. The van der Waals surface area contributed by atoms with E-state index >= 15 is 0 Å². The van der Waals surface area contributed by atoms with Crippen LogP contribution in [0.15, 0.2) is 30.3 Å². The van der Waals surface area contributed by atoms with Gasteiger partial charge in [-0.3, -0.25) is 4.79 Å². The summed E-state index contributed by atoms with van der Waals surface area (Å²) in [7, 11) is 4.54. The molecule has 0 radical (unpaired) electrons. The minimum atomic E-state index is -0.289. The van der Waals surface area contributed by atoms with Crippen LogP contribution < -0.4 is 19.5 Å². The summed E-state index contributed by atoms with van der Waals surface area (Å²) < 4.78 is 21.6. The highest BCUT2D eigenvalue weighted by atomic mass is 16.5. The molecule has 0 spiro atoms. The van der Waals surface area contributed by atoms with Crippen molar-refractivity contribution in [3.05, 3.63) is 41.7 Å². The van der Waals surface area contributed by atoms with E-state index in [1.807, 2.05) is 18.2 Å². The van der Waals surface area contributed by atoms with E-state index in [-0.39, 0.29) is 12.0 Å². The number of carbonyl (C=O) groups excluding carboxylic acids is 1. The molecule has 0 unspecified atom stereocenters. The Morgan fingerprint density at radius 3 is 2.52 bits per heavy atom. The molecular weight excluding hydrogens is 374 g/mol. The van der Waals surface area contributed by atoms with Crippen LogP contribution in [0.2, 0.25) is 0 Å². The van der Waals surface area contributed by atoms with E-state index < -0.39 is 0 Å². The standard InChI is InChI=1S/C21H23N3O5/c1-26-17-9-12(10-18(27-2)19(17)28-3)21(25)22-13-6-7-14-15(11-13)24-20(23-14)16-5-4-8-29-16/h6-7,9-11,16H,4-5,8H2,1-3H3,(H,22,25)(H,23,24)/t16-/m0/s1. The molecule has 1 fully saturated rings. The van der Waals surface area contributed by atoms with Crippen molar-refractivity contribution in [1.82, 2.24) is 9.97 Å². The highest BCUT2D eigenvalue weighted by molar-refractivity contribution is 6.05. The Morgan fingerprint density at radius 1 is 1.14 bits per heavy atom. The average molecular weight is 397 g/mol. The van der Waals surface area contributed by atoms with Gasteiger partial charge in [-0.15, -0.1) is 0 Å². The zero-order chi connectivity index (χ0) is 20.4. The molecule has 1 aliphatic heterocycles. The van der Waals surface area contributed by atoms with E-state index in [4.69, 9.17) is 18.9 Å². The molecule has 1 saturated heterocycles. The molecule has 152 valence electrons. The molecule has 1 atom stereocenters. The molecule has 1 aromatic heterocycles. The smallest absolute Gasteiger partial charge is 0.255 e. The van der Waals surface area contributed by atoms with Gasteiger partial charge in [-0.1, -0.05) is 0 Å². The van der Waals surface area contributed by atoms with Gasteiger partial charge in [-0.25, -0.2) is 4.98 Å². The Bertz CT molecular complexity index is 1010. The molecule has 0 bridgehead atoms. The second kappa shape index (κ2) is 8.00. The molecule has 0 saturated carbocycles. The summed E-state index contributed by atoms with van der Waals surface area (Å²) in [4.78, 5) is 20.7. The third-order valence-corrected chi connectivity index (χ3v) is 4.92. The molecular formula is C21H23N3O5. The van der Waals surface area contributed by atoms with E-state index in [1.165, 1.54) is 21.3 Å². The van der Waals surface area contributed by atoms with Gasteiger partial charge in [0.05, 0.1) is 32.4 Å². The summed E-state index contributed by atoms with van der Waals surface area (Å²) in [6, 6.07) is 8.77. The molecule has 2 N–H and O–H groups in total. The zero-order valence-corrected chi connectivity index (χ0v) is 16.6. The maximum atomic E-state index is 12.8. The minimum absolute atomic E-state index is 0.0136. The Balaban J connectivity index is 1.58. The first kappa shape index (κ1) is 19.1. The van der Waals surface area contributed by atoms with Crippen molar-refractivity contribution in [3.63, 3.8) is 0 Å². The summed E-state index contributed by atoms with van der Waals surface area (Å²) in [5, 5.41) is 2.90. The number of carbonyl (C=O) groups is 1. The summed E-state index contributed by atoms with van der Waals surface area (Å²) in [5.41, 5.74) is 2.72. The Morgan fingerprint density at radius 2 is 1.90 bits per heavy atom. The van der Waals surface area contributed by atoms with Crippen LogP contribution in [0.4, 0.5) is 5.69 Å². The van der Waals surface area contributed by atoms with Crippen molar-refractivity contribution in [3.8, 4) is 17.2 Å². The van der Waals surface area contributed by atoms with Crippen LogP contribution in [0.25, 0.3) is 11.0 Å². The van der Waals surface area contributed by atoms with Crippen LogP contribution in [0.3, 0.4) is 0 Å². The van der Waals surface area contributed by atoms with E-state index in [0.717, 1.165) is 36.3 Å². The fraction of sp³-hybridized carbons (Fsp3) is 0.333. The van der Waals surface area contributed by atoms with E-state index in [2.05, 4.69) is 15.3 Å². The van der Waals surface area contributed by atoms with Crippen LogP contribution in [0, 0.1) is 0 Å². The summed E-state index contributed by atoms with van der Waals surface area (Å²) >= 11 is 0.